The first-order valence-corrected chi connectivity index (χ1v) is 11.6. The van der Waals surface area contributed by atoms with Crippen molar-refractivity contribution >= 4 is 45.5 Å². The number of hydrazone groups is 1. The van der Waals surface area contributed by atoms with Crippen LogP contribution >= 0.6 is 22.6 Å². The van der Waals surface area contributed by atoms with E-state index in [2.05, 4.69) is 33.1 Å². The predicted octanol–water partition coefficient (Wildman–Crippen LogP) is 5.80. The fraction of sp³-hybridized carbons (Fsp3) is 0.111. The molecule has 7 heteroatoms. The third-order valence-corrected chi connectivity index (χ3v) is 5.91. The van der Waals surface area contributed by atoms with Gasteiger partial charge in [-0.25, -0.2) is 5.43 Å². The van der Waals surface area contributed by atoms with Crippen molar-refractivity contribution in [3.63, 3.8) is 0 Å². The number of halogens is 1. The Labute approximate surface area is 211 Å². The molecular formula is C27H23IN2O4. The maximum Gasteiger partial charge on any atom is 0.275 e. The van der Waals surface area contributed by atoms with Gasteiger partial charge in [-0.15, -0.1) is 0 Å². The predicted molar refractivity (Wildman–Crippen MR) is 142 cm³/mol. The summed E-state index contributed by atoms with van der Waals surface area (Å²) in [4.78, 5) is 12.7. The van der Waals surface area contributed by atoms with E-state index in [4.69, 9.17) is 14.2 Å². The molecule has 0 radical (unpaired) electrons. The number of amides is 1. The highest BCUT2D eigenvalue weighted by Gasteiger charge is 2.13. The minimum Gasteiger partial charge on any atom is -0.496 e. The van der Waals surface area contributed by atoms with E-state index >= 15 is 0 Å². The largest absolute Gasteiger partial charge is 0.496 e. The van der Waals surface area contributed by atoms with Gasteiger partial charge in [-0.05, 0) is 87.0 Å². The van der Waals surface area contributed by atoms with Crippen LogP contribution in [0.4, 0.5) is 0 Å². The van der Waals surface area contributed by atoms with Crippen molar-refractivity contribution in [1.29, 1.82) is 0 Å². The van der Waals surface area contributed by atoms with E-state index in [-0.39, 0.29) is 5.91 Å². The van der Waals surface area contributed by atoms with Gasteiger partial charge in [-0.2, -0.15) is 5.10 Å². The van der Waals surface area contributed by atoms with Crippen molar-refractivity contribution in [2.45, 2.75) is 6.61 Å². The number of hydrogen-bond donors (Lipinski definition) is 1. The summed E-state index contributed by atoms with van der Waals surface area (Å²) in [5, 5.41) is 6.05. The smallest absolute Gasteiger partial charge is 0.275 e. The lowest BCUT2D eigenvalue weighted by atomic mass is 10.1. The summed E-state index contributed by atoms with van der Waals surface area (Å²) in [5.41, 5.74) is 4.80. The molecule has 0 aromatic heterocycles. The zero-order valence-electron chi connectivity index (χ0n) is 18.7. The molecule has 0 unspecified atom stereocenters. The summed E-state index contributed by atoms with van der Waals surface area (Å²) < 4.78 is 18.0. The Morgan fingerprint density at radius 2 is 1.59 bits per heavy atom. The molecule has 34 heavy (non-hydrogen) atoms. The number of nitrogens with one attached hydrogen (secondary N) is 1. The number of fused-ring (bicyclic) bond motifs is 1. The number of carbonyl (C=O) groups excluding carboxylic acids is 1. The summed E-state index contributed by atoms with van der Waals surface area (Å²) in [7, 11) is 3.13. The van der Waals surface area contributed by atoms with E-state index in [1.165, 1.54) is 3.57 Å². The molecule has 0 saturated heterocycles. The number of carbonyl (C=O) groups is 1. The van der Waals surface area contributed by atoms with Crippen LogP contribution in [0.2, 0.25) is 0 Å². The number of rotatable bonds is 8. The average molecular weight is 566 g/mol. The van der Waals surface area contributed by atoms with Crippen LogP contribution < -0.4 is 19.6 Å². The Morgan fingerprint density at radius 3 is 2.29 bits per heavy atom. The first-order chi connectivity index (χ1) is 16.6. The molecule has 0 fully saturated rings. The monoisotopic (exact) mass is 566 g/mol. The second-order valence-corrected chi connectivity index (χ2v) is 8.67. The molecule has 0 aliphatic heterocycles. The van der Waals surface area contributed by atoms with Crippen LogP contribution in [0.1, 0.15) is 21.5 Å². The summed E-state index contributed by atoms with van der Waals surface area (Å²) in [6.07, 6.45) is 1.55. The van der Waals surface area contributed by atoms with Crippen LogP contribution in [0.25, 0.3) is 10.8 Å². The summed E-state index contributed by atoms with van der Waals surface area (Å²) in [6.45, 7) is 0.435. The minimum atomic E-state index is -0.358. The van der Waals surface area contributed by atoms with Crippen molar-refractivity contribution in [3.8, 4) is 17.2 Å². The van der Waals surface area contributed by atoms with Crippen LogP contribution in [-0.4, -0.2) is 26.3 Å². The van der Waals surface area contributed by atoms with Gasteiger partial charge in [0.15, 0.2) is 11.5 Å². The van der Waals surface area contributed by atoms with Crippen LogP contribution in [0.3, 0.4) is 0 Å². The molecule has 0 saturated carbocycles. The molecule has 1 N–H and O–H groups in total. The van der Waals surface area contributed by atoms with Crippen molar-refractivity contribution in [2.75, 3.05) is 14.2 Å². The standard InChI is InChI=1S/C27H23IN2O4/c1-32-25-15-21-6-4-3-5-20(21)14-23(25)27(31)30-29-16-19-9-12-24(26(13-19)33-2)34-17-18-7-10-22(28)11-8-18/h3-16H,17H2,1-2H3,(H,30,31)/b29-16-. The Balaban J connectivity index is 1.43. The molecule has 4 rings (SSSR count). The number of hydrogen-bond acceptors (Lipinski definition) is 5. The van der Waals surface area contributed by atoms with Gasteiger partial charge >= 0.3 is 0 Å². The fourth-order valence-electron chi connectivity index (χ4n) is 3.42. The lowest BCUT2D eigenvalue weighted by Crippen LogP contribution is -2.18. The third-order valence-electron chi connectivity index (χ3n) is 5.19. The van der Waals surface area contributed by atoms with Crippen molar-refractivity contribution in [3.05, 3.63) is 99.1 Å². The maximum atomic E-state index is 12.7. The van der Waals surface area contributed by atoms with Crippen LogP contribution in [-0.2, 0) is 6.61 Å². The zero-order chi connectivity index (χ0) is 23.9. The first kappa shape index (κ1) is 23.6. The highest BCUT2D eigenvalue weighted by atomic mass is 127. The van der Waals surface area contributed by atoms with E-state index in [0.29, 0.717) is 29.4 Å². The fourth-order valence-corrected chi connectivity index (χ4v) is 3.78. The topological polar surface area (TPSA) is 69.2 Å². The van der Waals surface area contributed by atoms with E-state index in [1.54, 1.807) is 32.6 Å². The first-order valence-electron chi connectivity index (χ1n) is 10.5. The Kier molecular flexibility index (Phi) is 7.64. The molecule has 1 amide bonds. The molecule has 172 valence electrons. The van der Waals surface area contributed by atoms with Crippen LogP contribution in [0.5, 0.6) is 17.2 Å². The molecule has 0 atom stereocenters. The lowest BCUT2D eigenvalue weighted by molar-refractivity contribution is 0.0952. The molecule has 0 aliphatic rings. The van der Waals surface area contributed by atoms with Gasteiger partial charge in [0.25, 0.3) is 5.91 Å². The van der Waals surface area contributed by atoms with E-state index in [0.717, 1.165) is 21.9 Å². The number of methoxy groups -OCH3 is 2. The van der Waals surface area contributed by atoms with Gasteiger partial charge < -0.3 is 14.2 Å². The van der Waals surface area contributed by atoms with Gasteiger partial charge in [-0.3, -0.25) is 4.79 Å². The normalized spacial score (nSPS) is 10.9. The number of benzene rings is 4. The number of nitrogens with zero attached hydrogens (tertiary/aromatic N) is 1. The van der Waals surface area contributed by atoms with Crippen molar-refractivity contribution in [2.24, 2.45) is 5.10 Å². The van der Waals surface area contributed by atoms with Crippen molar-refractivity contribution < 1.29 is 19.0 Å². The highest BCUT2D eigenvalue weighted by Crippen LogP contribution is 2.29. The SMILES string of the molecule is COc1cc(/C=N\NC(=O)c2cc3ccccc3cc2OC)ccc1OCc1ccc(I)cc1. The molecule has 6 nitrogen and oxygen atoms in total. The number of ether oxygens (including phenoxy) is 3. The second-order valence-electron chi connectivity index (χ2n) is 7.42. The maximum absolute atomic E-state index is 12.7. The second kappa shape index (κ2) is 11.0. The Hall–Kier alpha value is -3.59. The van der Waals surface area contributed by atoms with Gasteiger partial charge in [-0.1, -0.05) is 36.4 Å². The zero-order valence-corrected chi connectivity index (χ0v) is 20.9. The average Bonchev–Trinajstić information content (AvgIpc) is 2.87. The molecule has 4 aromatic carbocycles. The highest BCUT2D eigenvalue weighted by molar-refractivity contribution is 14.1. The summed E-state index contributed by atoms with van der Waals surface area (Å²) >= 11 is 2.27. The van der Waals surface area contributed by atoms with E-state index < -0.39 is 0 Å². The molecule has 4 aromatic rings. The molecular weight excluding hydrogens is 543 g/mol. The third kappa shape index (κ3) is 5.66. The van der Waals surface area contributed by atoms with E-state index in [1.807, 2.05) is 66.7 Å². The minimum absolute atomic E-state index is 0.358. The quantitative estimate of drug-likeness (QED) is 0.166. The molecule has 0 bridgehead atoms. The van der Waals surface area contributed by atoms with Crippen molar-refractivity contribution in [1.82, 2.24) is 5.43 Å². The van der Waals surface area contributed by atoms with Gasteiger partial charge in [0, 0.05) is 3.57 Å². The van der Waals surface area contributed by atoms with Gasteiger partial charge in [0.1, 0.15) is 12.4 Å². The van der Waals surface area contributed by atoms with Crippen LogP contribution in [0.15, 0.2) is 84.0 Å². The van der Waals surface area contributed by atoms with Gasteiger partial charge in [0.05, 0.1) is 26.0 Å². The Morgan fingerprint density at radius 1 is 0.882 bits per heavy atom. The van der Waals surface area contributed by atoms with Gasteiger partial charge in [0.2, 0.25) is 0 Å². The molecule has 0 spiro atoms. The molecule has 0 aliphatic carbocycles. The summed E-state index contributed by atoms with van der Waals surface area (Å²) in [5.74, 6) is 1.34. The summed E-state index contributed by atoms with van der Waals surface area (Å²) in [6, 6.07) is 25.0. The van der Waals surface area contributed by atoms with E-state index in [9.17, 15) is 4.79 Å². The lowest BCUT2D eigenvalue weighted by Gasteiger charge is -2.11. The van der Waals surface area contributed by atoms with Crippen LogP contribution in [0, 0.1) is 3.57 Å². The Bertz CT molecular complexity index is 1340. The molecule has 0 heterocycles.